The van der Waals surface area contributed by atoms with Crippen LogP contribution >= 0.6 is 37.8 Å². The van der Waals surface area contributed by atoms with Gasteiger partial charge in [0.05, 0.1) is 0 Å². The number of alkyl halides is 17. The maximum Gasteiger partial charge on any atom is 0.436 e. The number of hydrogen-bond donors (Lipinski definition) is 4. The Labute approximate surface area is 230 Å². The fourth-order valence-electron chi connectivity index (χ4n) is 2.29. The van der Waals surface area contributed by atoms with Gasteiger partial charge in [0.1, 0.15) is 0 Å². The van der Waals surface area contributed by atoms with Crippen molar-refractivity contribution in [3.8, 4) is 0 Å². The number of hydrogen-bond acceptors (Lipinski definition) is 4. The summed E-state index contributed by atoms with van der Waals surface area (Å²) in [7, 11) is -14.5. The zero-order valence-corrected chi connectivity index (χ0v) is 22.8. The molecule has 8 nitrogen and oxygen atoms in total. The summed E-state index contributed by atoms with van der Waals surface area (Å²) in [5.74, 6) is -11.6. The Hall–Kier alpha value is -0.170. The summed E-state index contributed by atoms with van der Waals surface area (Å²) < 4.78 is 236. The molecule has 27 heteroatoms. The average molecular weight is 804 g/mol. The Morgan fingerprint density at radius 3 is 1.20 bits per heavy atom. The lowest BCUT2D eigenvalue weighted by Gasteiger charge is -2.33. The quantitative estimate of drug-likeness (QED) is 0.0408. The molecule has 0 saturated carbocycles. The molecule has 0 aromatic heterocycles. The minimum absolute atomic E-state index is 0.838. The maximum absolute atomic E-state index is 13.8. The highest BCUT2D eigenvalue weighted by Gasteiger charge is 2.76. The van der Waals surface area contributed by atoms with Crippen molar-refractivity contribution in [1.82, 2.24) is 0 Å². The number of ether oxygens (including phenoxy) is 2. The molecular weight excluding hydrogens is 789 g/mol. The van der Waals surface area contributed by atoms with Crippen molar-refractivity contribution in [3.05, 3.63) is 0 Å². The molecule has 1 atom stereocenters. The number of rotatable bonds is 17. The van der Waals surface area contributed by atoms with Gasteiger partial charge in [-0.3, -0.25) is 9.13 Å². The standard InChI is InChI=1S/C14H15F16IO8P2/c15-7(16,9(19,20)38-11(23,24)13(27,28)40(32,33)34)4-2-1-3-6(31)5-8(17,18)10(21,22)39-12(25,26)14(29,30)41(35,36)37/h6H,1-5H2,(H2,32,33,34)(H2,35,36,37). The van der Waals surface area contributed by atoms with E-state index in [9.17, 15) is 79.4 Å². The molecule has 0 aromatic carbocycles. The summed E-state index contributed by atoms with van der Waals surface area (Å²) in [6, 6.07) is 0. The van der Waals surface area contributed by atoms with E-state index in [1.807, 2.05) is 4.74 Å². The number of halogens is 17. The van der Waals surface area contributed by atoms with Gasteiger partial charge in [-0.1, -0.05) is 29.0 Å². The summed E-state index contributed by atoms with van der Waals surface area (Å²) in [6.07, 6.45) is -34.7. The van der Waals surface area contributed by atoms with E-state index in [-0.39, 0.29) is 0 Å². The molecule has 1 unspecified atom stereocenters. The lowest BCUT2D eigenvalue weighted by Crippen LogP contribution is -2.53. The topological polar surface area (TPSA) is 134 Å². The minimum Gasteiger partial charge on any atom is -0.320 e. The molecule has 0 bridgehead atoms. The van der Waals surface area contributed by atoms with Crippen LogP contribution in [-0.2, 0) is 18.6 Å². The third-order valence-electron chi connectivity index (χ3n) is 4.53. The Morgan fingerprint density at radius 2 is 0.878 bits per heavy atom. The Bertz CT molecular complexity index is 1000. The molecule has 0 aliphatic rings. The van der Waals surface area contributed by atoms with E-state index in [0.717, 1.165) is 22.6 Å². The van der Waals surface area contributed by atoms with E-state index in [0.29, 0.717) is 0 Å². The van der Waals surface area contributed by atoms with Crippen molar-refractivity contribution < 1.29 is 108 Å². The molecule has 0 aromatic rings. The first-order valence-corrected chi connectivity index (χ1v) is 14.2. The molecule has 248 valence electrons. The van der Waals surface area contributed by atoms with Crippen LogP contribution in [0.1, 0.15) is 32.1 Å². The highest BCUT2D eigenvalue weighted by atomic mass is 127. The fourth-order valence-corrected chi connectivity index (χ4v) is 4.05. The van der Waals surface area contributed by atoms with Gasteiger partial charge in [-0.25, -0.2) is 9.47 Å². The van der Waals surface area contributed by atoms with Gasteiger partial charge in [-0.15, -0.1) is 0 Å². The fraction of sp³-hybridized carbons (Fsp3) is 1.00. The lowest BCUT2D eigenvalue weighted by atomic mass is 10.0. The highest BCUT2D eigenvalue weighted by Crippen LogP contribution is 2.63. The normalized spacial score (nSPS) is 16.7. The van der Waals surface area contributed by atoms with Crippen LogP contribution in [0.3, 0.4) is 0 Å². The van der Waals surface area contributed by atoms with Crippen LogP contribution < -0.4 is 0 Å². The predicted octanol–water partition coefficient (Wildman–Crippen LogP) is 6.96. The molecule has 4 N–H and O–H groups in total. The summed E-state index contributed by atoms with van der Waals surface area (Å²) in [5, 5.41) is 0. The van der Waals surface area contributed by atoms with Gasteiger partial charge in [0, 0.05) is 16.8 Å². The van der Waals surface area contributed by atoms with E-state index in [4.69, 9.17) is 19.6 Å². The van der Waals surface area contributed by atoms with Crippen LogP contribution in [-0.4, -0.2) is 71.1 Å². The van der Waals surface area contributed by atoms with Crippen LogP contribution in [0.2, 0.25) is 0 Å². The summed E-state index contributed by atoms with van der Waals surface area (Å²) in [6.45, 7) is 0. The van der Waals surface area contributed by atoms with Gasteiger partial charge in [-0.2, -0.15) is 70.2 Å². The molecule has 0 rings (SSSR count). The monoisotopic (exact) mass is 804 g/mol. The third-order valence-corrected chi connectivity index (χ3v) is 7.58. The Morgan fingerprint density at radius 1 is 0.561 bits per heavy atom. The van der Waals surface area contributed by atoms with E-state index in [1.165, 1.54) is 0 Å². The molecule has 0 fully saturated rings. The van der Waals surface area contributed by atoms with Crippen molar-refractivity contribution in [1.29, 1.82) is 0 Å². The first-order chi connectivity index (χ1) is 17.5. The SMILES string of the molecule is O=P(O)(O)C(F)(F)C(F)(F)OC(F)(F)C(F)(F)CCCCC(I)CC(F)(F)C(F)(F)OC(F)(F)C(F)(F)P(=O)(O)O. The van der Waals surface area contributed by atoms with E-state index in [2.05, 4.69) is 4.74 Å². The molecule has 0 aliphatic carbocycles. The van der Waals surface area contributed by atoms with Crippen molar-refractivity contribution in [2.24, 2.45) is 0 Å². The van der Waals surface area contributed by atoms with Gasteiger partial charge in [-0.05, 0) is 12.8 Å². The van der Waals surface area contributed by atoms with Crippen LogP contribution in [0.15, 0.2) is 0 Å². The van der Waals surface area contributed by atoms with Crippen LogP contribution in [0.4, 0.5) is 70.2 Å². The van der Waals surface area contributed by atoms with Crippen molar-refractivity contribution in [2.45, 2.75) is 83.6 Å². The van der Waals surface area contributed by atoms with Crippen LogP contribution in [0, 0.1) is 0 Å². The predicted molar refractivity (Wildman–Crippen MR) is 107 cm³/mol. The molecule has 0 aliphatic heterocycles. The first kappa shape index (κ1) is 40.8. The zero-order valence-electron chi connectivity index (χ0n) is 18.9. The lowest BCUT2D eigenvalue weighted by molar-refractivity contribution is -0.458. The van der Waals surface area contributed by atoms with E-state index < -0.39 is 98.8 Å². The Balaban J connectivity index is 5.30. The second-order valence-corrected chi connectivity index (χ2v) is 13.0. The van der Waals surface area contributed by atoms with Crippen LogP contribution in [0.25, 0.3) is 0 Å². The number of unbranched alkanes of at least 4 members (excludes halogenated alkanes) is 1. The van der Waals surface area contributed by atoms with Crippen molar-refractivity contribution >= 4 is 37.8 Å². The third kappa shape index (κ3) is 9.17. The van der Waals surface area contributed by atoms with Gasteiger partial charge < -0.3 is 19.6 Å². The minimum atomic E-state index is -7.25. The smallest absolute Gasteiger partial charge is 0.320 e. The molecule has 0 amide bonds. The van der Waals surface area contributed by atoms with Gasteiger partial charge in [0.15, 0.2) is 0 Å². The largest absolute Gasteiger partial charge is 0.436 e. The van der Waals surface area contributed by atoms with Gasteiger partial charge >= 0.3 is 62.8 Å². The van der Waals surface area contributed by atoms with Gasteiger partial charge in [0.25, 0.3) is 0 Å². The molecule has 41 heavy (non-hydrogen) atoms. The second-order valence-electron chi connectivity index (χ2n) is 7.90. The molecule has 0 spiro atoms. The van der Waals surface area contributed by atoms with E-state index >= 15 is 0 Å². The highest BCUT2D eigenvalue weighted by molar-refractivity contribution is 14.1. The Kier molecular flexibility index (Phi) is 12.3. The van der Waals surface area contributed by atoms with Gasteiger partial charge in [0.2, 0.25) is 0 Å². The summed E-state index contributed by atoms with van der Waals surface area (Å²) in [4.78, 5) is 32.5. The summed E-state index contributed by atoms with van der Waals surface area (Å²) in [5.41, 5.74) is -13.4. The molecular formula is C14H15F16IO8P2. The second kappa shape index (κ2) is 12.3. The molecule has 0 saturated heterocycles. The summed E-state index contributed by atoms with van der Waals surface area (Å²) >= 11 is 0.838. The van der Waals surface area contributed by atoms with Crippen molar-refractivity contribution in [2.75, 3.05) is 0 Å². The molecule has 0 radical (unpaired) electrons. The average Bonchev–Trinajstić information content (AvgIpc) is 2.67. The first-order valence-electron chi connectivity index (χ1n) is 9.69. The van der Waals surface area contributed by atoms with Crippen molar-refractivity contribution in [3.63, 3.8) is 0 Å². The van der Waals surface area contributed by atoms with Crippen LogP contribution in [0.5, 0.6) is 0 Å². The molecule has 0 heterocycles. The van der Waals surface area contributed by atoms with E-state index in [1.54, 1.807) is 0 Å². The zero-order chi connectivity index (χ0) is 33.5. The maximum atomic E-state index is 13.8.